The van der Waals surface area contributed by atoms with Crippen LogP contribution in [0.25, 0.3) is 10.9 Å². The number of hydrogen-bond acceptors (Lipinski definition) is 4. The highest BCUT2D eigenvalue weighted by molar-refractivity contribution is 6.39. The molecule has 2 heterocycles. The minimum absolute atomic E-state index is 0.149. The Balaban J connectivity index is 1.59. The van der Waals surface area contributed by atoms with Crippen LogP contribution >= 0.6 is 0 Å². The molecule has 1 aromatic carbocycles. The SMILES string of the molecule is CC(O)(CNC(=O)C(=O)Nc1ccc2[nH]ccc2c1)c1ccco1. The second-order valence-electron chi connectivity index (χ2n) is 5.67. The van der Waals surface area contributed by atoms with E-state index in [1.54, 1.807) is 30.5 Å². The van der Waals surface area contributed by atoms with Gasteiger partial charge in [0.05, 0.1) is 12.8 Å². The van der Waals surface area contributed by atoms with Crippen LogP contribution in [0.1, 0.15) is 12.7 Å². The number of hydrogen-bond donors (Lipinski definition) is 4. The number of furan rings is 1. The third-order valence-corrected chi connectivity index (χ3v) is 3.66. The second kappa shape index (κ2) is 6.21. The summed E-state index contributed by atoms with van der Waals surface area (Å²) in [4.78, 5) is 26.9. The fraction of sp³-hybridized carbons (Fsp3) is 0.176. The van der Waals surface area contributed by atoms with E-state index in [-0.39, 0.29) is 6.54 Å². The summed E-state index contributed by atoms with van der Waals surface area (Å²) < 4.78 is 5.12. The van der Waals surface area contributed by atoms with Crippen LogP contribution in [0.2, 0.25) is 0 Å². The van der Waals surface area contributed by atoms with Crippen LogP contribution in [-0.2, 0) is 15.2 Å². The Bertz CT molecular complexity index is 865. The Hall–Kier alpha value is -3.06. The summed E-state index contributed by atoms with van der Waals surface area (Å²) in [6, 6.07) is 10.4. The van der Waals surface area contributed by atoms with E-state index >= 15 is 0 Å². The molecule has 24 heavy (non-hydrogen) atoms. The van der Waals surface area contributed by atoms with E-state index in [0.29, 0.717) is 11.4 Å². The van der Waals surface area contributed by atoms with Crippen LogP contribution < -0.4 is 10.6 Å². The van der Waals surface area contributed by atoms with E-state index in [4.69, 9.17) is 4.42 Å². The number of amides is 2. The van der Waals surface area contributed by atoms with Crippen LogP contribution in [0.5, 0.6) is 0 Å². The minimum Gasteiger partial charge on any atom is -0.466 e. The molecule has 3 rings (SSSR count). The van der Waals surface area contributed by atoms with Gasteiger partial charge in [0.25, 0.3) is 0 Å². The van der Waals surface area contributed by atoms with Crippen LogP contribution in [0, 0.1) is 0 Å². The molecule has 124 valence electrons. The van der Waals surface area contributed by atoms with Gasteiger partial charge >= 0.3 is 11.8 Å². The highest BCUT2D eigenvalue weighted by atomic mass is 16.4. The maximum atomic E-state index is 12.0. The van der Waals surface area contributed by atoms with Gasteiger partial charge in [-0.15, -0.1) is 0 Å². The first-order valence-electron chi connectivity index (χ1n) is 7.38. The van der Waals surface area contributed by atoms with Crippen molar-refractivity contribution in [2.24, 2.45) is 0 Å². The van der Waals surface area contributed by atoms with E-state index in [1.165, 1.54) is 13.2 Å². The number of carbonyl (C=O) groups excluding carboxylic acids is 2. The number of benzene rings is 1. The summed E-state index contributed by atoms with van der Waals surface area (Å²) in [6.45, 7) is 1.34. The molecule has 0 saturated heterocycles. The predicted molar refractivity (Wildman–Crippen MR) is 88.2 cm³/mol. The molecule has 1 atom stereocenters. The molecule has 0 spiro atoms. The summed E-state index contributed by atoms with van der Waals surface area (Å²) in [5.74, 6) is -1.34. The average Bonchev–Trinajstić information content (AvgIpc) is 3.23. The van der Waals surface area contributed by atoms with E-state index < -0.39 is 17.4 Å². The number of carbonyl (C=O) groups is 2. The lowest BCUT2D eigenvalue weighted by molar-refractivity contribution is -0.136. The first kappa shape index (κ1) is 15.8. The van der Waals surface area contributed by atoms with Crippen molar-refractivity contribution in [2.45, 2.75) is 12.5 Å². The molecule has 7 heteroatoms. The molecule has 0 aliphatic carbocycles. The molecule has 1 unspecified atom stereocenters. The topological polar surface area (TPSA) is 107 Å². The van der Waals surface area contributed by atoms with Crippen LogP contribution in [0.4, 0.5) is 5.69 Å². The highest BCUT2D eigenvalue weighted by Gasteiger charge is 2.28. The zero-order valence-corrected chi connectivity index (χ0v) is 13.0. The molecule has 0 radical (unpaired) electrons. The van der Waals surface area contributed by atoms with Gasteiger partial charge < -0.3 is 25.1 Å². The molecule has 0 saturated carbocycles. The fourth-order valence-corrected chi connectivity index (χ4v) is 2.32. The quantitative estimate of drug-likeness (QED) is 0.547. The molecule has 0 fully saturated rings. The lowest BCUT2D eigenvalue weighted by Crippen LogP contribution is -2.43. The highest BCUT2D eigenvalue weighted by Crippen LogP contribution is 2.20. The lowest BCUT2D eigenvalue weighted by Gasteiger charge is -2.20. The van der Waals surface area contributed by atoms with Crippen molar-refractivity contribution >= 4 is 28.4 Å². The van der Waals surface area contributed by atoms with Crippen molar-refractivity contribution in [2.75, 3.05) is 11.9 Å². The van der Waals surface area contributed by atoms with Gasteiger partial charge in [0, 0.05) is 22.8 Å². The zero-order valence-electron chi connectivity index (χ0n) is 13.0. The Morgan fingerprint density at radius 1 is 1.25 bits per heavy atom. The van der Waals surface area contributed by atoms with Crippen molar-refractivity contribution in [1.29, 1.82) is 0 Å². The van der Waals surface area contributed by atoms with Gasteiger partial charge in [-0.2, -0.15) is 0 Å². The van der Waals surface area contributed by atoms with Gasteiger partial charge in [0.2, 0.25) is 0 Å². The van der Waals surface area contributed by atoms with Gasteiger partial charge in [-0.05, 0) is 43.3 Å². The average molecular weight is 327 g/mol. The maximum Gasteiger partial charge on any atom is 0.313 e. The summed E-state index contributed by atoms with van der Waals surface area (Å²) in [6.07, 6.45) is 3.22. The third-order valence-electron chi connectivity index (χ3n) is 3.66. The number of anilines is 1. The molecular weight excluding hydrogens is 310 g/mol. The summed E-state index contributed by atoms with van der Waals surface area (Å²) >= 11 is 0. The van der Waals surface area contributed by atoms with Crippen molar-refractivity contribution in [3.8, 4) is 0 Å². The summed E-state index contributed by atoms with van der Waals surface area (Å²) in [5.41, 5.74) is 0.0516. The van der Waals surface area contributed by atoms with E-state index in [9.17, 15) is 14.7 Å². The first-order chi connectivity index (χ1) is 11.5. The monoisotopic (exact) mass is 327 g/mol. The van der Waals surface area contributed by atoms with Crippen LogP contribution in [0.15, 0.2) is 53.3 Å². The molecule has 2 aromatic heterocycles. The van der Waals surface area contributed by atoms with Gasteiger partial charge in [0.1, 0.15) is 11.4 Å². The third kappa shape index (κ3) is 3.31. The normalized spacial score (nSPS) is 13.4. The standard InChI is InChI=1S/C17H17N3O4/c1-17(23,14-3-2-8-24-14)10-19-15(21)16(22)20-12-4-5-13-11(9-12)6-7-18-13/h2-9,18,23H,10H2,1H3,(H,19,21)(H,20,22). The number of rotatable bonds is 4. The van der Waals surface area contributed by atoms with Gasteiger partial charge in [0.15, 0.2) is 0 Å². The number of aromatic nitrogens is 1. The Morgan fingerprint density at radius 3 is 2.83 bits per heavy atom. The smallest absolute Gasteiger partial charge is 0.313 e. The van der Waals surface area contributed by atoms with Gasteiger partial charge in [-0.3, -0.25) is 9.59 Å². The zero-order chi connectivity index (χ0) is 17.2. The largest absolute Gasteiger partial charge is 0.466 e. The van der Waals surface area contributed by atoms with E-state index in [0.717, 1.165) is 10.9 Å². The van der Waals surface area contributed by atoms with Crippen LogP contribution in [0.3, 0.4) is 0 Å². The first-order valence-corrected chi connectivity index (χ1v) is 7.38. The van der Waals surface area contributed by atoms with E-state index in [1.807, 2.05) is 12.1 Å². The molecule has 7 nitrogen and oxygen atoms in total. The van der Waals surface area contributed by atoms with Crippen molar-refractivity contribution < 1.29 is 19.1 Å². The number of fused-ring (bicyclic) bond motifs is 1. The second-order valence-corrected chi connectivity index (χ2v) is 5.67. The van der Waals surface area contributed by atoms with Gasteiger partial charge in [-0.25, -0.2) is 0 Å². The Morgan fingerprint density at radius 2 is 2.08 bits per heavy atom. The molecule has 4 N–H and O–H groups in total. The Labute approximate surface area is 137 Å². The molecule has 0 aliphatic heterocycles. The molecule has 3 aromatic rings. The molecule has 0 aliphatic rings. The lowest BCUT2D eigenvalue weighted by atomic mass is 10.0. The molecular formula is C17H17N3O4. The fourth-order valence-electron chi connectivity index (χ4n) is 2.32. The number of nitrogens with one attached hydrogen (secondary N) is 3. The summed E-state index contributed by atoms with van der Waals surface area (Å²) in [5, 5.41) is 16.1. The maximum absolute atomic E-state index is 12.0. The predicted octanol–water partition coefficient (Wildman–Crippen LogP) is 1.72. The van der Waals surface area contributed by atoms with Crippen molar-refractivity contribution in [3.63, 3.8) is 0 Å². The number of aromatic amines is 1. The van der Waals surface area contributed by atoms with E-state index in [2.05, 4.69) is 15.6 Å². The molecule has 2 amide bonds. The molecule has 0 bridgehead atoms. The van der Waals surface area contributed by atoms with Gasteiger partial charge in [-0.1, -0.05) is 0 Å². The van der Waals surface area contributed by atoms with Crippen LogP contribution in [-0.4, -0.2) is 28.4 Å². The Kier molecular flexibility index (Phi) is 4.09. The number of H-pyrrole nitrogens is 1. The van der Waals surface area contributed by atoms with Crippen molar-refractivity contribution in [3.05, 3.63) is 54.6 Å². The number of aliphatic hydroxyl groups is 1. The minimum atomic E-state index is -1.40. The summed E-state index contributed by atoms with van der Waals surface area (Å²) in [7, 11) is 0. The van der Waals surface area contributed by atoms with Crippen molar-refractivity contribution in [1.82, 2.24) is 10.3 Å².